The summed E-state index contributed by atoms with van der Waals surface area (Å²) in [4.78, 5) is 12.5. The van der Waals surface area contributed by atoms with Gasteiger partial charge in [-0.15, -0.1) is 10.2 Å². The van der Waals surface area contributed by atoms with Crippen LogP contribution in [0.1, 0.15) is 18.3 Å². The van der Waals surface area contributed by atoms with Crippen molar-refractivity contribution in [1.29, 1.82) is 0 Å². The highest BCUT2D eigenvalue weighted by Crippen LogP contribution is 2.24. The minimum absolute atomic E-state index is 0.0860. The molecule has 0 saturated carbocycles. The van der Waals surface area contributed by atoms with E-state index < -0.39 is 0 Å². The maximum atomic E-state index is 12.5. The minimum Gasteiger partial charge on any atom is -0.497 e. The summed E-state index contributed by atoms with van der Waals surface area (Å²) >= 11 is 1.40. The Kier molecular flexibility index (Phi) is 6.13. The van der Waals surface area contributed by atoms with Gasteiger partial charge in [0.2, 0.25) is 5.91 Å². The van der Waals surface area contributed by atoms with Gasteiger partial charge in [-0.1, -0.05) is 42.1 Å². The van der Waals surface area contributed by atoms with E-state index >= 15 is 0 Å². The van der Waals surface area contributed by atoms with E-state index in [1.807, 2.05) is 60.9 Å². The van der Waals surface area contributed by atoms with Gasteiger partial charge in [-0.3, -0.25) is 4.79 Å². The van der Waals surface area contributed by atoms with Crippen molar-refractivity contribution in [3.05, 3.63) is 66.0 Å². The Morgan fingerprint density at radius 1 is 1.15 bits per heavy atom. The smallest absolute Gasteiger partial charge is 0.237 e. The molecule has 0 spiro atoms. The molecular weight excluding hydrogens is 360 g/mol. The fourth-order valence-corrected chi connectivity index (χ4v) is 3.42. The summed E-state index contributed by atoms with van der Waals surface area (Å²) in [6, 6.07) is 17.4. The first-order chi connectivity index (χ1) is 13.1. The number of aryl methyl sites for hydroxylation is 1. The molecule has 1 aromatic heterocycles. The van der Waals surface area contributed by atoms with Gasteiger partial charge in [0, 0.05) is 5.69 Å². The van der Waals surface area contributed by atoms with Gasteiger partial charge in [-0.25, -0.2) is 0 Å². The van der Waals surface area contributed by atoms with Crippen LogP contribution in [-0.2, 0) is 11.3 Å². The molecule has 3 aromatic rings. The van der Waals surface area contributed by atoms with Crippen LogP contribution in [0.4, 0.5) is 5.69 Å². The first-order valence-corrected chi connectivity index (χ1v) is 9.50. The standard InChI is InChI=1S/C20H22N4O2S/c1-14(19(25)21-17-9-11-18(26-3)12-10-17)27-20-23-22-15(2)24(20)13-16-7-5-4-6-8-16/h4-12,14H,13H2,1-3H3,(H,21,25)/t14-/m0/s1. The van der Waals surface area contributed by atoms with Gasteiger partial charge in [0.15, 0.2) is 5.16 Å². The van der Waals surface area contributed by atoms with Crippen molar-refractivity contribution in [3.63, 3.8) is 0 Å². The molecule has 140 valence electrons. The Morgan fingerprint density at radius 2 is 1.85 bits per heavy atom. The van der Waals surface area contributed by atoms with E-state index in [0.717, 1.165) is 28.0 Å². The molecule has 27 heavy (non-hydrogen) atoms. The van der Waals surface area contributed by atoms with Crippen molar-refractivity contribution in [2.75, 3.05) is 12.4 Å². The van der Waals surface area contributed by atoms with Crippen molar-refractivity contribution in [2.45, 2.75) is 30.8 Å². The van der Waals surface area contributed by atoms with Crippen LogP contribution in [0.15, 0.2) is 59.8 Å². The van der Waals surface area contributed by atoms with Gasteiger partial charge in [0.1, 0.15) is 11.6 Å². The molecule has 2 aromatic carbocycles. The number of carbonyl (C=O) groups is 1. The van der Waals surface area contributed by atoms with Crippen LogP contribution < -0.4 is 10.1 Å². The number of nitrogens with one attached hydrogen (secondary N) is 1. The largest absolute Gasteiger partial charge is 0.497 e. The average Bonchev–Trinajstić information content (AvgIpc) is 3.02. The lowest BCUT2D eigenvalue weighted by molar-refractivity contribution is -0.115. The van der Waals surface area contributed by atoms with Crippen molar-refractivity contribution < 1.29 is 9.53 Å². The molecule has 0 aliphatic carbocycles. The number of methoxy groups -OCH3 is 1. The molecule has 0 aliphatic rings. The second-order valence-electron chi connectivity index (χ2n) is 6.08. The average molecular weight is 382 g/mol. The maximum Gasteiger partial charge on any atom is 0.237 e. The highest BCUT2D eigenvalue weighted by molar-refractivity contribution is 8.00. The van der Waals surface area contributed by atoms with Crippen LogP contribution in [0.25, 0.3) is 0 Å². The molecule has 3 rings (SSSR count). The van der Waals surface area contributed by atoms with Crippen LogP contribution in [0.2, 0.25) is 0 Å². The first-order valence-electron chi connectivity index (χ1n) is 8.62. The van der Waals surface area contributed by atoms with Crippen molar-refractivity contribution in [3.8, 4) is 5.75 Å². The van der Waals surface area contributed by atoms with E-state index in [2.05, 4.69) is 27.6 Å². The molecule has 0 saturated heterocycles. The molecule has 0 radical (unpaired) electrons. The lowest BCUT2D eigenvalue weighted by Gasteiger charge is -2.13. The zero-order chi connectivity index (χ0) is 19.2. The first kappa shape index (κ1) is 19.0. The van der Waals surface area contributed by atoms with Crippen LogP contribution in [0, 0.1) is 6.92 Å². The zero-order valence-electron chi connectivity index (χ0n) is 15.5. The Balaban J connectivity index is 1.66. The zero-order valence-corrected chi connectivity index (χ0v) is 16.4. The van der Waals surface area contributed by atoms with E-state index in [-0.39, 0.29) is 11.2 Å². The molecule has 1 N–H and O–H groups in total. The molecule has 1 heterocycles. The maximum absolute atomic E-state index is 12.5. The van der Waals surface area contributed by atoms with Gasteiger partial charge in [-0.2, -0.15) is 0 Å². The van der Waals surface area contributed by atoms with Gasteiger partial charge < -0.3 is 14.6 Å². The van der Waals surface area contributed by atoms with E-state index in [1.165, 1.54) is 11.8 Å². The van der Waals surface area contributed by atoms with Gasteiger partial charge in [-0.05, 0) is 43.7 Å². The number of carbonyl (C=O) groups excluding carboxylic acids is 1. The molecule has 0 unspecified atom stereocenters. The summed E-state index contributed by atoms with van der Waals surface area (Å²) in [5, 5.41) is 11.8. The number of rotatable bonds is 7. The predicted molar refractivity (Wildman–Crippen MR) is 107 cm³/mol. The lowest BCUT2D eigenvalue weighted by Crippen LogP contribution is -2.23. The summed E-state index contributed by atoms with van der Waals surface area (Å²) < 4.78 is 7.16. The summed E-state index contributed by atoms with van der Waals surface area (Å²) in [7, 11) is 1.61. The van der Waals surface area contributed by atoms with Crippen molar-refractivity contribution >= 4 is 23.4 Å². The van der Waals surface area contributed by atoms with E-state index in [9.17, 15) is 4.79 Å². The van der Waals surface area contributed by atoms with Gasteiger partial charge in [0.25, 0.3) is 0 Å². The molecule has 7 heteroatoms. The number of anilines is 1. The quantitative estimate of drug-likeness (QED) is 0.630. The molecule has 0 aliphatic heterocycles. The second-order valence-corrected chi connectivity index (χ2v) is 7.39. The number of ether oxygens (including phenoxy) is 1. The van der Waals surface area contributed by atoms with Gasteiger partial charge in [0.05, 0.1) is 18.9 Å². The number of nitrogens with zero attached hydrogens (tertiary/aromatic N) is 3. The van der Waals surface area contributed by atoms with E-state index in [1.54, 1.807) is 7.11 Å². The summed E-state index contributed by atoms with van der Waals surface area (Å²) in [6.45, 7) is 4.46. The van der Waals surface area contributed by atoms with Crippen LogP contribution in [0.5, 0.6) is 5.75 Å². The summed E-state index contributed by atoms with van der Waals surface area (Å²) in [6.07, 6.45) is 0. The van der Waals surface area contributed by atoms with Crippen LogP contribution in [0.3, 0.4) is 0 Å². The fraction of sp³-hybridized carbons (Fsp3) is 0.250. The van der Waals surface area contributed by atoms with Crippen LogP contribution in [-0.4, -0.2) is 33.0 Å². The number of aromatic nitrogens is 3. The fourth-order valence-electron chi connectivity index (χ4n) is 2.53. The second kappa shape index (κ2) is 8.73. The highest BCUT2D eigenvalue weighted by Gasteiger charge is 2.19. The summed E-state index contributed by atoms with van der Waals surface area (Å²) in [5.74, 6) is 1.49. The third kappa shape index (κ3) is 4.89. The third-order valence-corrected chi connectivity index (χ3v) is 5.17. The Morgan fingerprint density at radius 3 is 2.52 bits per heavy atom. The van der Waals surface area contributed by atoms with Gasteiger partial charge >= 0.3 is 0 Å². The monoisotopic (exact) mass is 382 g/mol. The predicted octanol–water partition coefficient (Wildman–Crippen LogP) is 3.76. The normalized spacial score (nSPS) is 11.8. The molecule has 6 nitrogen and oxygen atoms in total. The highest BCUT2D eigenvalue weighted by atomic mass is 32.2. The molecule has 0 bridgehead atoms. The Labute approximate surface area is 163 Å². The Hall–Kier alpha value is -2.80. The topological polar surface area (TPSA) is 69.0 Å². The van der Waals surface area contributed by atoms with Crippen molar-refractivity contribution in [1.82, 2.24) is 14.8 Å². The molecule has 1 atom stereocenters. The number of thioether (sulfide) groups is 1. The minimum atomic E-state index is -0.315. The number of benzene rings is 2. The third-order valence-electron chi connectivity index (χ3n) is 4.09. The number of hydrogen-bond acceptors (Lipinski definition) is 5. The lowest BCUT2D eigenvalue weighted by atomic mass is 10.2. The Bertz CT molecular complexity index is 894. The van der Waals surface area contributed by atoms with E-state index in [4.69, 9.17) is 4.74 Å². The number of amides is 1. The van der Waals surface area contributed by atoms with E-state index in [0.29, 0.717) is 6.54 Å². The van der Waals surface area contributed by atoms with Crippen molar-refractivity contribution in [2.24, 2.45) is 0 Å². The molecule has 0 fully saturated rings. The SMILES string of the molecule is COc1ccc(NC(=O)[C@H](C)Sc2nnc(C)n2Cc2ccccc2)cc1. The summed E-state index contributed by atoms with van der Waals surface area (Å²) in [5.41, 5.74) is 1.90. The molecule has 1 amide bonds. The van der Waals surface area contributed by atoms with Crippen LogP contribution >= 0.6 is 11.8 Å². The number of hydrogen-bond donors (Lipinski definition) is 1. The molecular formula is C20H22N4O2S.